The minimum absolute atomic E-state index is 0.148. The van der Waals surface area contributed by atoms with Gasteiger partial charge < -0.3 is 5.32 Å². The largest absolute Gasteiger partial charge is 0.310 e. The molecule has 2 rings (SSSR count). The van der Waals surface area contributed by atoms with Gasteiger partial charge in [0, 0.05) is 20.6 Å². The van der Waals surface area contributed by atoms with E-state index in [-0.39, 0.29) is 11.9 Å². The molecule has 1 fully saturated rings. The lowest BCUT2D eigenvalue weighted by Gasteiger charge is -2.14. The second-order valence-corrected chi connectivity index (χ2v) is 5.20. The Labute approximate surface area is 99.3 Å². The summed E-state index contributed by atoms with van der Waals surface area (Å²) in [6.07, 6.45) is 2.13. The molecule has 1 atom stereocenters. The highest BCUT2D eigenvalue weighted by Gasteiger charge is 2.22. The fourth-order valence-corrected chi connectivity index (χ4v) is 3.27. The maximum atomic E-state index is 13.7. The van der Waals surface area contributed by atoms with Gasteiger partial charge in [-0.05, 0) is 31.5 Å². The van der Waals surface area contributed by atoms with Crippen LogP contribution in [0.2, 0.25) is 0 Å². The van der Waals surface area contributed by atoms with Gasteiger partial charge in [-0.2, -0.15) is 0 Å². The van der Waals surface area contributed by atoms with Crippen molar-refractivity contribution >= 4 is 31.9 Å². The van der Waals surface area contributed by atoms with Crippen molar-refractivity contribution in [1.82, 2.24) is 5.32 Å². The van der Waals surface area contributed by atoms with Crippen molar-refractivity contribution < 1.29 is 4.39 Å². The van der Waals surface area contributed by atoms with Crippen molar-refractivity contribution in [2.45, 2.75) is 18.9 Å². The van der Waals surface area contributed by atoms with Gasteiger partial charge in [-0.25, -0.2) is 4.39 Å². The Morgan fingerprint density at radius 1 is 1.36 bits per heavy atom. The minimum Gasteiger partial charge on any atom is -0.310 e. The smallest absolute Gasteiger partial charge is 0.130 e. The van der Waals surface area contributed by atoms with Crippen molar-refractivity contribution in [3.63, 3.8) is 0 Å². The fourth-order valence-electron chi connectivity index (χ4n) is 1.82. The molecule has 1 aromatic carbocycles. The molecule has 1 saturated heterocycles. The lowest BCUT2D eigenvalue weighted by atomic mass is 10.1. The highest BCUT2D eigenvalue weighted by atomic mass is 79.9. The van der Waals surface area contributed by atoms with Gasteiger partial charge >= 0.3 is 0 Å². The van der Waals surface area contributed by atoms with Gasteiger partial charge in [0.25, 0.3) is 0 Å². The lowest BCUT2D eigenvalue weighted by Crippen LogP contribution is -2.14. The van der Waals surface area contributed by atoms with Crippen LogP contribution in [0, 0.1) is 5.82 Å². The summed E-state index contributed by atoms with van der Waals surface area (Å²) >= 11 is 6.66. The van der Waals surface area contributed by atoms with E-state index in [1.165, 1.54) is 6.07 Å². The second-order valence-electron chi connectivity index (χ2n) is 3.43. The number of hydrogen-bond donors (Lipinski definition) is 1. The molecule has 0 aliphatic carbocycles. The van der Waals surface area contributed by atoms with Crippen molar-refractivity contribution in [1.29, 1.82) is 0 Å². The summed E-state index contributed by atoms with van der Waals surface area (Å²) < 4.78 is 15.3. The topological polar surface area (TPSA) is 12.0 Å². The van der Waals surface area contributed by atoms with Crippen molar-refractivity contribution in [2.24, 2.45) is 0 Å². The molecule has 1 aliphatic rings. The highest BCUT2D eigenvalue weighted by molar-refractivity contribution is 9.11. The molecule has 1 N–H and O–H groups in total. The van der Waals surface area contributed by atoms with E-state index < -0.39 is 0 Å². The van der Waals surface area contributed by atoms with Gasteiger partial charge in [-0.15, -0.1) is 0 Å². The molecule has 1 unspecified atom stereocenters. The molecule has 0 bridgehead atoms. The third kappa shape index (κ3) is 2.02. The van der Waals surface area contributed by atoms with Crippen LogP contribution in [0.25, 0.3) is 0 Å². The first kappa shape index (κ1) is 10.6. The van der Waals surface area contributed by atoms with Crippen LogP contribution in [-0.4, -0.2) is 6.54 Å². The van der Waals surface area contributed by atoms with E-state index in [1.54, 1.807) is 0 Å². The molecular formula is C10H10Br2FN. The first-order valence-corrected chi connectivity index (χ1v) is 6.15. The van der Waals surface area contributed by atoms with Gasteiger partial charge in [0.15, 0.2) is 0 Å². The zero-order chi connectivity index (χ0) is 10.1. The van der Waals surface area contributed by atoms with Crippen molar-refractivity contribution in [2.75, 3.05) is 6.54 Å². The summed E-state index contributed by atoms with van der Waals surface area (Å²) in [4.78, 5) is 0. The summed E-state index contributed by atoms with van der Waals surface area (Å²) in [5.74, 6) is -0.148. The van der Waals surface area contributed by atoms with Gasteiger partial charge in [-0.1, -0.05) is 31.9 Å². The molecule has 0 saturated carbocycles. The fraction of sp³-hybridized carbons (Fsp3) is 0.400. The molecule has 0 spiro atoms. The molecule has 76 valence electrons. The first-order valence-electron chi connectivity index (χ1n) is 4.56. The Bertz CT molecular complexity index is 325. The summed E-state index contributed by atoms with van der Waals surface area (Å²) in [5.41, 5.74) is 0.755. The van der Waals surface area contributed by atoms with Crippen LogP contribution >= 0.6 is 31.9 Å². The van der Waals surface area contributed by atoms with E-state index in [2.05, 4.69) is 37.2 Å². The minimum atomic E-state index is -0.148. The zero-order valence-electron chi connectivity index (χ0n) is 7.49. The van der Waals surface area contributed by atoms with E-state index >= 15 is 0 Å². The lowest BCUT2D eigenvalue weighted by molar-refractivity contribution is 0.555. The summed E-state index contributed by atoms with van der Waals surface area (Å²) in [6, 6.07) is 3.57. The van der Waals surface area contributed by atoms with E-state index in [1.807, 2.05) is 6.07 Å². The number of hydrogen-bond acceptors (Lipinski definition) is 1. The number of benzene rings is 1. The van der Waals surface area contributed by atoms with E-state index in [0.717, 1.165) is 33.9 Å². The van der Waals surface area contributed by atoms with Crippen LogP contribution in [0.5, 0.6) is 0 Å². The number of nitrogens with one attached hydrogen (secondary N) is 1. The van der Waals surface area contributed by atoms with Gasteiger partial charge in [0.05, 0.1) is 0 Å². The molecule has 1 aromatic rings. The monoisotopic (exact) mass is 321 g/mol. The third-order valence-electron chi connectivity index (χ3n) is 2.45. The molecule has 0 amide bonds. The molecule has 1 aliphatic heterocycles. The van der Waals surface area contributed by atoms with Crippen LogP contribution < -0.4 is 5.32 Å². The molecular weight excluding hydrogens is 313 g/mol. The average Bonchev–Trinajstić information content (AvgIpc) is 2.54. The maximum Gasteiger partial charge on any atom is 0.130 e. The van der Waals surface area contributed by atoms with E-state index in [0.29, 0.717) is 0 Å². The summed E-state index contributed by atoms with van der Waals surface area (Å²) in [6.45, 7) is 0.979. The predicted molar refractivity (Wildman–Crippen MR) is 61.8 cm³/mol. The molecule has 0 aromatic heterocycles. The first-order chi connectivity index (χ1) is 6.68. The number of rotatable bonds is 1. The van der Waals surface area contributed by atoms with Gasteiger partial charge in [0.1, 0.15) is 5.82 Å². The second kappa shape index (κ2) is 4.29. The predicted octanol–water partition coefficient (Wildman–Crippen LogP) is 3.78. The van der Waals surface area contributed by atoms with Gasteiger partial charge in [0.2, 0.25) is 0 Å². The van der Waals surface area contributed by atoms with Crippen molar-refractivity contribution in [3.8, 4) is 0 Å². The maximum absolute atomic E-state index is 13.7. The standard InChI is InChI=1S/C10H10Br2FN/c11-6-4-7(12)10(8(13)5-6)9-2-1-3-14-9/h4-5,9,14H,1-3H2. The quantitative estimate of drug-likeness (QED) is 0.829. The Hall–Kier alpha value is 0.0700. The Morgan fingerprint density at radius 3 is 2.71 bits per heavy atom. The molecule has 14 heavy (non-hydrogen) atoms. The molecule has 1 nitrogen and oxygen atoms in total. The van der Waals surface area contributed by atoms with Crippen molar-refractivity contribution in [3.05, 3.63) is 32.5 Å². The third-order valence-corrected chi connectivity index (χ3v) is 3.57. The normalized spacial score (nSPS) is 21.5. The SMILES string of the molecule is Fc1cc(Br)cc(Br)c1C1CCCN1. The average molecular weight is 323 g/mol. The molecule has 1 heterocycles. The van der Waals surface area contributed by atoms with Crippen LogP contribution in [0.1, 0.15) is 24.4 Å². The van der Waals surface area contributed by atoms with Crippen LogP contribution in [-0.2, 0) is 0 Å². The summed E-state index contributed by atoms with van der Waals surface area (Å²) in [7, 11) is 0. The van der Waals surface area contributed by atoms with E-state index in [9.17, 15) is 4.39 Å². The molecule has 4 heteroatoms. The van der Waals surface area contributed by atoms with Crippen LogP contribution in [0.3, 0.4) is 0 Å². The van der Waals surface area contributed by atoms with E-state index in [4.69, 9.17) is 0 Å². The highest BCUT2D eigenvalue weighted by Crippen LogP contribution is 2.33. The van der Waals surface area contributed by atoms with Crippen LogP contribution in [0.4, 0.5) is 4.39 Å². The Morgan fingerprint density at radius 2 is 2.14 bits per heavy atom. The Kier molecular flexibility index (Phi) is 3.24. The van der Waals surface area contributed by atoms with Gasteiger partial charge in [-0.3, -0.25) is 0 Å². The number of halogens is 3. The Balaban J connectivity index is 2.40. The zero-order valence-corrected chi connectivity index (χ0v) is 10.7. The van der Waals surface area contributed by atoms with Crippen LogP contribution in [0.15, 0.2) is 21.1 Å². The summed E-state index contributed by atoms with van der Waals surface area (Å²) in [5, 5.41) is 3.29. The molecule has 0 radical (unpaired) electrons.